The molecule has 2 saturated heterocycles. The van der Waals surface area contributed by atoms with Gasteiger partial charge in [-0.15, -0.1) is 0 Å². The Labute approximate surface area is 183 Å². The number of anilines is 1. The van der Waals surface area contributed by atoms with Crippen LogP contribution in [-0.2, 0) is 11.3 Å². The van der Waals surface area contributed by atoms with Crippen molar-refractivity contribution >= 4 is 17.4 Å². The Morgan fingerprint density at radius 2 is 1.68 bits per heavy atom. The number of ketones is 1. The highest BCUT2D eigenvalue weighted by Gasteiger charge is 2.29. The summed E-state index contributed by atoms with van der Waals surface area (Å²) in [6.07, 6.45) is 2.30. The lowest BCUT2D eigenvalue weighted by atomic mass is 10.1. The molecule has 0 aromatic heterocycles. The van der Waals surface area contributed by atoms with E-state index in [0.717, 1.165) is 50.3 Å². The van der Waals surface area contributed by atoms with E-state index >= 15 is 0 Å². The van der Waals surface area contributed by atoms with Crippen LogP contribution in [0.4, 0.5) is 10.1 Å². The molecule has 0 spiro atoms. The van der Waals surface area contributed by atoms with Crippen molar-refractivity contribution < 1.29 is 14.0 Å². The zero-order chi connectivity index (χ0) is 21.8. The maximum atomic E-state index is 14.0. The Kier molecular flexibility index (Phi) is 6.66. The summed E-state index contributed by atoms with van der Waals surface area (Å²) in [5, 5.41) is 0. The molecule has 1 amide bonds. The number of halogens is 1. The number of carbonyl (C=O) groups is 2. The van der Waals surface area contributed by atoms with E-state index in [4.69, 9.17) is 0 Å². The van der Waals surface area contributed by atoms with E-state index in [0.29, 0.717) is 31.1 Å². The molecular formula is C25H30FN3O2. The van der Waals surface area contributed by atoms with Gasteiger partial charge in [0.15, 0.2) is 5.78 Å². The van der Waals surface area contributed by atoms with Gasteiger partial charge in [-0.3, -0.25) is 14.5 Å². The summed E-state index contributed by atoms with van der Waals surface area (Å²) in [7, 11) is 0. The molecule has 2 aromatic rings. The average Bonchev–Trinajstić information content (AvgIpc) is 2.97. The van der Waals surface area contributed by atoms with Crippen molar-refractivity contribution in [2.45, 2.75) is 38.8 Å². The minimum atomic E-state index is -0.247. The summed E-state index contributed by atoms with van der Waals surface area (Å²) in [6.45, 7) is 6.39. The van der Waals surface area contributed by atoms with Gasteiger partial charge in [0, 0.05) is 68.5 Å². The second-order valence-electron chi connectivity index (χ2n) is 8.51. The summed E-state index contributed by atoms with van der Waals surface area (Å²) in [5.74, 6) is -0.0400. The molecule has 2 heterocycles. The van der Waals surface area contributed by atoms with Crippen molar-refractivity contribution in [2.75, 3.05) is 37.6 Å². The van der Waals surface area contributed by atoms with Gasteiger partial charge in [-0.1, -0.05) is 18.2 Å². The van der Waals surface area contributed by atoms with Crippen LogP contribution >= 0.6 is 0 Å². The van der Waals surface area contributed by atoms with Crippen molar-refractivity contribution in [3.05, 3.63) is 65.5 Å². The fraction of sp³-hybridized carbons (Fsp3) is 0.440. The Morgan fingerprint density at radius 3 is 2.35 bits per heavy atom. The van der Waals surface area contributed by atoms with E-state index in [1.165, 1.54) is 6.07 Å². The SMILES string of the molecule is CC(=O)c1ccc(N2CCN(C3CCC(=O)N(Cc4ccccc4F)CC3)CC2)cc1. The van der Waals surface area contributed by atoms with Gasteiger partial charge < -0.3 is 9.80 Å². The van der Waals surface area contributed by atoms with Gasteiger partial charge in [-0.05, 0) is 50.1 Å². The Bertz CT molecular complexity index is 923. The quantitative estimate of drug-likeness (QED) is 0.688. The lowest BCUT2D eigenvalue weighted by molar-refractivity contribution is -0.131. The van der Waals surface area contributed by atoms with Crippen molar-refractivity contribution in [1.29, 1.82) is 0 Å². The van der Waals surface area contributed by atoms with Crippen LogP contribution in [0, 0.1) is 5.82 Å². The molecule has 2 aromatic carbocycles. The van der Waals surface area contributed by atoms with E-state index in [9.17, 15) is 14.0 Å². The third-order valence-corrected chi connectivity index (χ3v) is 6.57. The summed E-state index contributed by atoms with van der Waals surface area (Å²) in [6, 6.07) is 14.9. The molecule has 1 atom stereocenters. The fourth-order valence-corrected chi connectivity index (χ4v) is 4.64. The average molecular weight is 424 g/mol. The topological polar surface area (TPSA) is 43.9 Å². The maximum absolute atomic E-state index is 14.0. The van der Waals surface area contributed by atoms with Crippen LogP contribution in [0.2, 0.25) is 0 Å². The van der Waals surface area contributed by atoms with Crippen molar-refractivity contribution in [1.82, 2.24) is 9.80 Å². The zero-order valence-electron chi connectivity index (χ0n) is 18.1. The normalized spacial score (nSPS) is 20.6. The summed E-state index contributed by atoms with van der Waals surface area (Å²) < 4.78 is 14.0. The number of benzene rings is 2. The number of carbonyl (C=O) groups excluding carboxylic acids is 2. The van der Waals surface area contributed by atoms with Crippen molar-refractivity contribution in [2.24, 2.45) is 0 Å². The molecule has 31 heavy (non-hydrogen) atoms. The summed E-state index contributed by atoms with van der Waals surface area (Å²) in [4.78, 5) is 30.8. The van der Waals surface area contributed by atoms with Gasteiger partial charge >= 0.3 is 0 Å². The molecular weight excluding hydrogens is 393 g/mol. The summed E-state index contributed by atoms with van der Waals surface area (Å²) in [5.41, 5.74) is 2.47. The first-order chi connectivity index (χ1) is 15.0. The summed E-state index contributed by atoms with van der Waals surface area (Å²) >= 11 is 0. The van der Waals surface area contributed by atoms with Gasteiger partial charge in [-0.25, -0.2) is 4.39 Å². The highest BCUT2D eigenvalue weighted by Crippen LogP contribution is 2.23. The molecule has 0 radical (unpaired) electrons. The third kappa shape index (κ3) is 5.13. The number of likely N-dealkylation sites (tertiary alicyclic amines) is 1. The smallest absolute Gasteiger partial charge is 0.222 e. The first-order valence-electron chi connectivity index (χ1n) is 11.1. The molecule has 5 nitrogen and oxygen atoms in total. The zero-order valence-corrected chi connectivity index (χ0v) is 18.1. The monoisotopic (exact) mass is 423 g/mol. The van der Waals surface area contributed by atoms with Gasteiger partial charge in [-0.2, -0.15) is 0 Å². The van der Waals surface area contributed by atoms with E-state index in [-0.39, 0.29) is 17.5 Å². The lowest BCUT2D eigenvalue weighted by Crippen LogP contribution is -2.50. The third-order valence-electron chi connectivity index (χ3n) is 6.57. The molecule has 0 N–H and O–H groups in total. The van der Waals surface area contributed by atoms with Crippen LogP contribution < -0.4 is 4.90 Å². The van der Waals surface area contributed by atoms with E-state index < -0.39 is 0 Å². The number of amides is 1. The van der Waals surface area contributed by atoms with Gasteiger partial charge in [0.05, 0.1) is 0 Å². The Morgan fingerprint density at radius 1 is 0.968 bits per heavy atom. The fourth-order valence-electron chi connectivity index (χ4n) is 4.64. The van der Waals surface area contributed by atoms with Crippen LogP contribution in [0.1, 0.15) is 42.1 Å². The standard InChI is InChI=1S/C25H30FN3O2/c1-19(30)20-6-8-22(9-7-20)27-14-16-28(17-15-27)23-10-11-25(31)29(13-12-23)18-21-4-2-3-5-24(21)26/h2-9,23H,10-18H2,1H3. The number of piperazine rings is 1. The minimum absolute atomic E-state index is 0.0864. The van der Waals surface area contributed by atoms with Crippen LogP contribution in [-0.4, -0.2) is 60.3 Å². The number of rotatable bonds is 5. The molecule has 6 heteroatoms. The van der Waals surface area contributed by atoms with Gasteiger partial charge in [0.25, 0.3) is 0 Å². The van der Waals surface area contributed by atoms with Gasteiger partial charge in [0.2, 0.25) is 5.91 Å². The van der Waals surface area contributed by atoms with Crippen molar-refractivity contribution in [3.8, 4) is 0 Å². The molecule has 0 saturated carbocycles. The second-order valence-corrected chi connectivity index (χ2v) is 8.51. The number of nitrogens with zero attached hydrogens (tertiary/aromatic N) is 3. The molecule has 1 unspecified atom stereocenters. The molecule has 164 valence electrons. The number of Topliss-reactive ketones (excluding diaryl/α,β-unsaturated/α-hetero) is 1. The number of hydrogen-bond acceptors (Lipinski definition) is 4. The van der Waals surface area contributed by atoms with E-state index in [2.05, 4.69) is 9.80 Å². The molecule has 0 bridgehead atoms. The molecule has 4 rings (SSSR count). The predicted molar refractivity (Wildman–Crippen MR) is 120 cm³/mol. The molecule has 2 aliphatic rings. The predicted octanol–water partition coefficient (Wildman–Crippen LogP) is 3.73. The second kappa shape index (κ2) is 9.60. The van der Waals surface area contributed by atoms with Crippen LogP contribution in [0.5, 0.6) is 0 Å². The molecule has 2 aliphatic heterocycles. The van der Waals surface area contributed by atoms with Crippen LogP contribution in [0.15, 0.2) is 48.5 Å². The highest BCUT2D eigenvalue weighted by molar-refractivity contribution is 5.94. The minimum Gasteiger partial charge on any atom is -0.369 e. The number of hydrogen-bond donors (Lipinski definition) is 0. The van der Waals surface area contributed by atoms with Crippen LogP contribution in [0.25, 0.3) is 0 Å². The lowest BCUT2D eigenvalue weighted by Gasteiger charge is -2.40. The Hall–Kier alpha value is -2.73. The van der Waals surface area contributed by atoms with Crippen molar-refractivity contribution in [3.63, 3.8) is 0 Å². The Balaban J connectivity index is 1.31. The van der Waals surface area contributed by atoms with E-state index in [1.807, 2.05) is 35.2 Å². The maximum Gasteiger partial charge on any atom is 0.222 e. The first kappa shape index (κ1) is 21.5. The molecule has 2 fully saturated rings. The van der Waals surface area contributed by atoms with E-state index in [1.54, 1.807) is 19.1 Å². The highest BCUT2D eigenvalue weighted by atomic mass is 19.1. The largest absolute Gasteiger partial charge is 0.369 e. The molecule has 0 aliphatic carbocycles. The first-order valence-corrected chi connectivity index (χ1v) is 11.1. The van der Waals surface area contributed by atoms with Gasteiger partial charge in [0.1, 0.15) is 5.82 Å². The van der Waals surface area contributed by atoms with Crippen LogP contribution in [0.3, 0.4) is 0 Å².